The molecular weight excluding hydrogens is 312 g/mol. The van der Waals surface area contributed by atoms with Crippen LogP contribution in [0.15, 0.2) is 0 Å². The van der Waals surface area contributed by atoms with Crippen LogP contribution in [0.5, 0.6) is 0 Å². The van der Waals surface area contributed by atoms with E-state index in [1.807, 2.05) is 11.8 Å². The van der Waals surface area contributed by atoms with Crippen LogP contribution < -0.4 is 0 Å². The topological polar surface area (TPSA) is 9.23 Å². The molecule has 0 amide bonds. The van der Waals surface area contributed by atoms with E-state index in [0.29, 0.717) is 6.10 Å². The molecular formula is C22H41OS+. The summed E-state index contributed by atoms with van der Waals surface area (Å²) in [6.45, 7) is 1.02. The summed E-state index contributed by atoms with van der Waals surface area (Å²) >= 11 is 1.83. The largest absolute Gasteiger partial charge is 0.378 e. The normalized spacial score (nSPS) is 26.1. The van der Waals surface area contributed by atoms with Gasteiger partial charge in [-0.3, -0.25) is 0 Å². The smallest absolute Gasteiger partial charge is 0.121 e. The van der Waals surface area contributed by atoms with Gasteiger partial charge in [-0.15, -0.1) is 0 Å². The van der Waals surface area contributed by atoms with Crippen molar-refractivity contribution >= 4 is 11.8 Å². The van der Waals surface area contributed by atoms with Crippen LogP contribution >= 0.6 is 0 Å². The van der Waals surface area contributed by atoms with Gasteiger partial charge in [-0.25, -0.2) is 0 Å². The molecule has 1 aliphatic heterocycles. The minimum Gasteiger partial charge on any atom is -0.378 e. The Morgan fingerprint density at radius 3 is 1.96 bits per heavy atom. The van der Waals surface area contributed by atoms with E-state index in [2.05, 4.69) is 0 Å². The molecule has 1 heterocycles. The predicted molar refractivity (Wildman–Crippen MR) is 108 cm³/mol. The fourth-order valence-electron chi connectivity index (χ4n) is 5.41. The Kier molecular flexibility index (Phi) is 8.84. The van der Waals surface area contributed by atoms with Crippen molar-refractivity contribution in [2.45, 2.75) is 114 Å². The summed E-state index contributed by atoms with van der Waals surface area (Å²) in [6.07, 6.45) is 24.1. The first kappa shape index (κ1) is 19.1. The van der Waals surface area contributed by atoms with Crippen LogP contribution in [0.1, 0.15) is 103 Å². The van der Waals surface area contributed by atoms with Crippen LogP contribution in [0, 0.1) is 11.8 Å². The average molecular weight is 354 g/mol. The molecule has 3 aliphatic rings. The van der Waals surface area contributed by atoms with Crippen molar-refractivity contribution in [2.24, 2.45) is 11.8 Å². The highest BCUT2D eigenvalue weighted by Crippen LogP contribution is 2.39. The number of rotatable bonds is 11. The van der Waals surface area contributed by atoms with Crippen molar-refractivity contribution < 1.29 is 4.74 Å². The quantitative estimate of drug-likeness (QED) is 0.249. The van der Waals surface area contributed by atoms with E-state index in [4.69, 9.17) is 4.74 Å². The van der Waals surface area contributed by atoms with Gasteiger partial charge in [-0.2, -0.15) is 0 Å². The number of unbranched alkanes of at least 4 members (excludes halogenated alkanes) is 4. The lowest BCUT2D eigenvalue weighted by Gasteiger charge is -2.22. The van der Waals surface area contributed by atoms with E-state index in [9.17, 15) is 0 Å². The third-order valence-corrected chi connectivity index (χ3v) is 8.65. The van der Waals surface area contributed by atoms with E-state index >= 15 is 0 Å². The van der Waals surface area contributed by atoms with Crippen LogP contribution in [0.4, 0.5) is 0 Å². The first-order valence-electron chi connectivity index (χ1n) is 11.2. The zero-order valence-electron chi connectivity index (χ0n) is 15.9. The van der Waals surface area contributed by atoms with Crippen LogP contribution in [0.2, 0.25) is 0 Å². The van der Waals surface area contributed by atoms with E-state index in [1.165, 1.54) is 82.8 Å². The number of thiol groups is 1. The van der Waals surface area contributed by atoms with Gasteiger partial charge in [0.2, 0.25) is 0 Å². The summed E-state index contributed by atoms with van der Waals surface area (Å²) in [6, 6.07) is 0. The zero-order chi connectivity index (χ0) is 16.5. The second-order valence-electron chi connectivity index (χ2n) is 8.68. The summed E-state index contributed by atoms with van der Waals surface area (Å²) < 4.78 is 5.72. The standard InChI is InChI=1S/C22H40OS/c1(2-4-15-21-16-10-17-23-21)3-9-18-24-22(19-11-5-6-12-19)20-13-7-8-14-20/h19-22H,1-18H2/p+1. The Bertz CT molecular complexity index is 298. The number of hydrogen-bond donors (Lipinski definition) is 0. The van der Waals surface area contributed by atoms with E-state index in [-0.39, 0.29) is 0 Å². The maximum Gasteiger partial charge on any atom is 0.121 e. The highest BCUT2D eigenvalue weighted by atomic mass is 32.2. The fourth-order valence-corrected chi connectivity index (χ4v) is 7.30. The SMILES string of the molecule is C(CCC[SH+]C(C1CCCC1)C1CCCC1)CCCC1CCCO1. The third kappa shape index (κ3) is 6.24. The maximum absolute atomic E-state index is 5.72. The second kappa shape index (κ2) is 11.1. The summed E-state index contributed by atoms with van der Waals surface area (Å²) in [5.41, 5.74) is 0. The summed E-state index contributed by atoms with van der Waals surface area (Å²) in [4.78, 5) is 0. The summed E-state index contributed by atoms with van der Waals surface area (Å²) in [5, 5.41) is 1.08. The molecule has 2 heteroatoms. The van der Waals surface area contributed by atoms with Gasteiger partial charge in [0.05, 0.1) is 6.10 Å². The molecule has 3 fully saturated rings. The Hall–Kier alpha value is 0.310. The maximum atomic E-state index is 5.72. The second-order valence-corrected chi connectivity index (χ2v) is 10.1. The fraction of sp³-hybridized carbons (Fsp3) is 1.00. The molecule has 0 spiro atoms. The lowest BCUT2D eigenvalue weighted by atomic mass is 9.91. The lowest BCUT2D eigenvalue weighted by Crippen LogP contribution is -2.29. The molecule has 2 saturated carbocycles. The molecule has 1 unspecified atom stereocenters. The van der Waals surface area contributed by atoms with Crippen molar-refractivity contribution in [2.75, 3.05) is 12.4 Å². The first-order chi connectivity index (χ1) is 11.9. The third-order valence-electron chi connectivity index (χ3n) is 6.81. The predicted octanol–water partition coefficient (Wildman–Crippen LogP) is 6.07. The van der Waals surface area contributed by atoms with Crippen LogP contribution in [0.25, 0.3) is 0 Å². The van der Waals surface area contributed by atoms with Gasteiger partial charge in [0.15, 0.2) is 0 Å². The molecule has 140 valence electrons. The van der Waals surface area contributed by atoms with Gasteiger partial charge in [0, 0.05) is 18.4 Å². The van der Waals surface area contributed by atoms with Crippen molar-refractivity contribution in [3.8, 4) is 0 Å². The Morgan fingerprint density at radius 2 is 1.33 bits per heavy atom. The molecule has 1 atom stereocenters. The van der Waals surface area contributed by atoms with Crippen molar-refractivity contribution in [3.63, 3.8) is 0 Å². The molecule has 1 nitrogen and oxygen atoms in total. The van der Waals surface area contributed by atoms with Crippen LogP contribution in [0.3, 0.4) is 0 Å². The molecule has 0 N–H and O–H groups in total. The van der Waals surface area contributed by atoms with Crippen molar-refractivity contribution in [1.82, 2.24) is 0 Å². The number of ether oxygens (including phenoxy) is 1. The van der Waals surface area contributed by atoms with Crippen LogP contribution in [-0.2, 0) is 16.5 Å². The zero-order valence-corrected chi connectivity index (χ0v) is 16.8. The molecule has 0 radical (unpaired) electrons. The number of hydrogen-bond acceptors (Lipinski definition) is 1. The molecule has 2 aliphatic carbocycles. The van der Waals surface area contributed by atoms with Gasteiger partial charge in [-0.05, 0) is 69.5 Å². The Labute approximate surface area is 155 Å². The van der Waals surface area contributed by atoms with E-state index in [0.717, 1.165) is 23.7 Å². The molecule has 24 heavy (non-hydrogen) atoms. The Morgan fingerprint density at radius 1 is 0.708 bits per heavy atom. The van der Waals surface area contributed by atoms with Gasteiger partial charge in [0.25, 0.3) is 0 Å². The molecule has 0 aromatic rings. The molecule has 0 aromatic heterocycles. The molecule has 0 bridgehead atoms. The van der Waals surface area contributed by atoms with E-state index < -0.39 is 0 Å². The monoisotopic (exact) mass is 353 g/mol. The Balaban J connectivity index is 1.22. The van der Waals surface area contributed by atoms with Crippen LogP contribution in [-0.4, -0.2) is 23.7 Å². The first-order valence-corrected chi connectivity index (χ1v) is 12.4. The molecule has 3 rings (SSSR count). The molecule has 0 aromatic carbocycles. The highest BCUT2D eigenvalue weighted by molar-refractivity contribution is 7.79. The minimum atomic E-state index is 0.613. The van der Waals surface area contributed by atoms with Gasteiger partial charge < -0.3 is 4.74 Å². The lowest BCUT2D eigenvalue weighted by molar-refractivity contribution is 0.102. The van der Waals surface area contributed by atoms with Crippen molar-refractivity contribution in [3.05, 3.63) is 0 Å². The highest BCUT2D eigenvalue weighted by Gasteiger charge is 2.37. The van der Waals surface area contributed by atoms with E-state index in [1.54, 1.807) is 25.7 Å². The van der Waals surface area contributed by atoms with Crippen molar-refractivity contribution in [1.29, 1.82) is 0 Å². The summed E-state index contributed by atoms with van der Waals surface area (Å²) in [5.74, 6) is 3.69. The van der Waals surface area contributed by atoms with Gasteiger partial charge in [0.1, 0.15) is 11.0 Å². The molecule has 1 saturated heterocycles. The summed E-state index contributed by atoms with van der Waals surface area (Å²) in [7, 11) is 0. The minimum absolute atomic E-state index is 0.613. The van der Waals surface area contributed by atoms with Gasteiger partial charge >= 0.3 is 0 Å². The van der Waals surface area contributed by atoms with Gasteiger partial charge in [-0.1, -0.05) is 44.9 Å². The average Bonchev–Trinajstić information content (AvgIpc) is 3.35.